The average Bonchev–Trinajstić information content (AvgIpc) is 3.61. The SMILES string of the molecule is Cc1nn(-c2ccccn2)c2nc(C3CC3)cc(C(=O)NCC3CCCOC3C(C)(C)C)c12. The van der Waals surface area contributed by atoms with Crippen molar-refractivity contribution in [2.24, 2.45) is 11.3 Å². The molecule has 2 aliphatic rings. The molecule has 1 N–H and O–H groups in total. The van der Waals surface area contributed by atoms with Gasteiger partial charge in [0.05, 0.1) is 22.7 Å². The maximum atomic E-state index is 13.5. The van der Waals surface area contributed by atoms with Crippen LogP contribution in [0.1, 0.15) is 74.1 Å². The van der Waals surface area contributed by atoms with Gasteiger partial charge >= 0.3 is 0 Å². The summed E-state index contributed by atoms with van der Waals surface area (Å²) in [5.41, 5.74) is 3.15. The lowest BCUT2D eigenvalue weighted by Crippen LogP contribution is -2.45. The molecule has 2 unspecified atom stereocenters. The number of nitrogens with zero attached hydrogens (tertiary/aromatic N) is 4. The van der Waals surface area contributed by atoms with Crippen molar-refractivity contribution in [2.75, 3.05) is 13.2 Å². The Balaban J connectivity index is 1.48. The molecule has 2 fully saturated rings. The Bertz CT molecular complexity index is 1160. The molecule has 7 nitrogen and oxygen atoms in total. The van der Waals surface area contributed by atoms with Crippen LogP contribution < -0.4 is 5.32 Å². The molecule has 1 aliphatic heterocycles. The Morgan fingerprint density at radius 2 is 2.06 bits per heavy atom. The van der Waals surface area contributed by atoms with Gasteiger partial charge in [-0.2, -0.15) is 9.78 Å². The summed E-state index contributed by atoms with van der Waals surface area (Å²) in [7, 11) is 0. The van der Waals surface area contributed by atoms with E-state index in [9.17, 15) is 4.79 Å². The van der Waals surface area contributed by atoms with E-state index in [2.05, 4.69) is 31.1 Å². The van der Waals surface area contributed by atoms with E-state index in [1.807, 2.05) is 31.2 Å². The number of pyridine rings is 2. The number of rotatable bonds is 5. The first-order valence-corrected chi connectivity index (χ1v) is 12.0. The average molecular weight is 448 g/mol. The van der Waals surface area contributed by atoms with E-state index < -0.39 is 0 Å². The standard InChI is InChI=1S/C26H33N5O2/c1-16-22-19(25(32)28-15-18-8-7-13-33-23(18)26(2,3)4)14-20(17-10-11-17)29-24(22)31(30-16)21-9-5-6-12-27-21/h5-6,9,12,14,17-18,23H,7-8,10-11,13,15H2,1-4H3,(H,28,32). The molecule has 7 heteroatoms. The number of carbonyl (C=O) groups is 1. The lowest BCUT2D eigenvalue weighted by Gasteiger charge is -2.40. The van der Waals surface area contributed by atoms with E-state index in [1.165, 1.54) is 0 Å². The minimum Gasteiger partial charge on any atom is -0.377 e. The number of aryl methyl sites for hydroxylation is 1. The van der Waals surface area contributed by atoms with E-state index >= 15 is 0 Å². The highest BCUT2D eigenvalue weighted by Crippen LogP contribution is 2.41. The van der Waals surface area contributed by atoms with E-state index in [-0.39, 0.29) is 17.4 Å². The molecule has 0 radical (unpaired) electrons. The largest absolute Gasteiger partial charge is 0.377 e. The van der Waals surface area contributed by atoms with Crippen LogP contribution in [0.25, 0.3) is 16.9 Å². The van der Waals surface area contributed by atoms with Crippen molar-refractivity contribution in [1.29, 1.82) is 0 Å². The Morgan fingerprint density at radius 1 is 1.24 bits per heavy atom. The fourth-order valence-electron chi connectivity index (χ4n) is 5.04. The molecule has 1 saturated carbocycles. The summed E-state index contributed by atoms with van der Waals surface area (Å²) in [6.07, 6.45) is 6.21. The van der Waals surface area contributed by atoms with E-state index in [0.717, 1.165) is 49.1 Å². The molecule has 1 amide bonds. The summed E-state index contributed by atoms with van der Waals surface area (Å²) in [6.45, 7) is 9.97. The summed E-state index contributed by atoms with van der Waals surface area (Å²) in [5, 5.41) is 8.74. The van der Waals surface area contributed by atoms with E-state index in [4.69, 9.17) is 14.8 Å². The van der Waals surface area contributed by atoms with Gasteiger partial charge in [-0.05, 0) is 56.2 Å². The number of ether oxygens (including phenoxy) is 1. The van der Waals surface area contributed by atoms with Crippen molar-refractivity contribution >= 4 is 16.9 Å². The van der Waals surface area contributed by atoms with Gasteiger partial charge in [-0.3, -0.25) is 4.79 Å². The maximum absolute atomic E-state index is 13.5. The maximum Gasteiger partial charge on any atom is 0.252 e. The number of nitrogens with one attached hydrogen (secondary N) is 1. The summed E-state index contributed by atoms with van der Waals surface area (Å²) in [6, 6.07) is 7.70. The summed E-state index contributed by atoms with van der Waals surface area (Å²) in [5.74, 6) is 1.37. The van der Waals surface area contributed by atoms with Crippen LogP contribution in [0.2, 0.25) is 0 Å². The van der Waals surface area contributed by atoms with Gasteiger partial charge in [0.25, 0.3) is 5.91 Å². The fraction of sp³-hybridized carbons (Fsp3) is 0.538. The van der Waals surface area contributed by atoms with Crippen molar-refractivity contribution < 1.29 is 9.53 Å². The fourth-order valence-corrected chi connectivity index (χ4v) is 5.04. The third-order valence-electron chi connectivity index (χ3n) is 6.76. The number of fused-ring (bicyclic) bond motifs is 1. The molecule has 5 rings (SSSR count). The second-order valence-electron chi connectivity index (χ2n) is 10.5. The van der Waals surface area contributed by atoms with Crippen LogP contribution in [0, 0.1) is 18.3 Å². The van der Waals surface area contributed by atoms with Gasteiger partial charge in [0.1, 0.15) is 0 Å². The van der Waals surface area contributed by atoms with Crippen LogP contribution in [0.3, 0.4) is 0 Å². The summed E-state index contributed by atoms with van der Waals surface area (Å²) < 4.78 is 7.87. The minimum atomic E-state index is -0.0637. The van der Waals surface area contributed by atoms with Gasteiger partial charge in [-0.25, -0.2) is 9.97 Å². The third-order valence-corrected chi connectivity index (χ3v) is 6.76. The Hall–Kier alpha value is -2.80. The first-order chi connectivity index (χ1) is 15.8. The third kappa shape index (κ3) is 4.38. The quantitative estimate of drug-likeness (QED) is 0.619. The van der Waals surface area contributed by atoms with Gasteiger partial charge in [0, 0.05) is 36.9 Å². The number of hydrogen-bond acceptors (Lipinski definition) is 5. The smallest absolute Gasteiger partial charge is 0.252 e. The van der Waals surface area contributed by atoms with Crippen molar-refractivity contribution in [3.8, 4) is 5.82 Å². The highest BCUT2D eigenvalue weighted by atomic mass is 16.5. The van der Waals surface area contributed by atoms with Crippen LogP contribution >= 0.6 is 0 Å². The van der Waals surface area contributed by atoms with Gasteiger partial charge in [-0.15, -0.1) is 0 Å². The van der Waals surface area contributed by atoms with Crippen molar-refractivity contribution in [1.82, 2.24) is 25.1 Å². The molecular formula is C26H33N5O2. The monoisotopic (exact) mass is 447 g/mol. The molecule has 0 bridgehead atoms. The molecule has 174 valence electrons. The van der Waals surface area contributed by atoms with Gasteiger partial charge < -0.3 is 10.1 Å². The van der Waals surface area contributed by atoms with Crippen LogP contribution in [-0.2, 0) is 4.74 Å². The van der Waals surface area contributed by atoms with Gasteiger partial charge in [-0.1, -0.05) is 26.8 Å². The van der Waals surface area contributed by atoms with Crippen molar-refractivity contribution in [3.63, 3.8) is 0 Å². The first-order valence-electron chi connectivity index (χ1n) is 12.0. The zero-order chi connectivity index (χ0) is 23.2. The second kappa shape index (κ2) is 8.52. The minimum absolute atomic E-state index is 0.0410. The number of hydrogen-bond donors (Lipinski definition) is 1. The Morgan fingerprint density at radius 3 is 2.76 bits per heavy atom. The molecule has 1 saturated heterocycles. The molecule has 3 aromatic heterocycles. The van der Waals surface area contributed by atoms with Crippen molar-refractivity contribution in [3.05, 3.63) is 47.4 Å². The lowest BCUT2D eigenvalue weighted by atomic mass is 9.78. The molecule has 0 spiro atoms. The number of amides is 1. The summed E-state index contributed by atoms with van der Waals surface area (Å²) >= 11 is 0. The zero-order valence-electron chi connectivity index (χ0n) is 20.0. The molecular weight excluding hydrogens is 414 g/mol. The zero-order valence-corrected chi connectivity index (χ0v) is 20.0. The summed E-state index contributed by atoms with van der Waals surface area (Å²) in [4.78, 5) is 22.9. The Kier molecular flexibility index (Phi) is 5.69. The molecule has 33 heavy (non-hydrogen) atoms. The highest BCUT2D eigenvalue weighted by Gasteiger charge is 2.36. The molecule has 3 aromatic rings. The van der Waals surface area contributed by atoms with Crippen LogP contribution in [0.5, 0.6) is 0 Å². The molecule has 1 aliphatic carbocycles. The predicted molar refractivity (Wildman–Crippen MR) is 128 cm³/mol. The van der Waals surface area contributed by atoms with Gasteiger partial charge in [0.15, 0.2) is 11.5 Å². The predicted octanol–water partition coefficient (Wildman–Crippen LogP) is 4.57. The van der Waals surface area contributed by atoms with E-state index in [0.29, 0.717) is 35.4 Å². The Labute approximate surface area is 195 Å². The second-order valence-corrected chi connectivity index (χ2v) is 10.5. The van der Waals surface area contributed by atoms with Crippen LogP contribution in [0.15, 0.2) is 30.5 Å². The number of carbonyl (C=O) groups excluding carboxylic acids is 1. The molecule has 0 aromatic carbocycles. The normalized spacial score (nSPS) is 21.3. The molecule has 4 heterocycles. The van der Waals surface area contributed by atoms with Crippen LogP contribution in [-0.4, -0.2) is 44.9 Å². The first kappa shape index (κ1) is 22.0. The molecule has 2 atom stereocenters. The van der Waals surface area contributed by atoms with Crippen LogP contribution in [0.4, 0.5) is 0 Å². The topological polar surface area (TPSA) is 81.9 Å². The van der Waals surface area contributed by atoms with Crippen molar-refractivity contribution in [2.45, 2.75) is 65.4 Å². The number of aromatic nitrogens is 4. The lowest BCUT2D eigenvalue weighted by molar-refractivity contribution is -0.0839. The highest BCUT2D eigenvalue weighted by molar-refractivity contribution is 6.06. The van der Waals surface area contributed by atoms with E-state index in [1.54, 1.807) is 10.9 Å². The van der Waals surface area contributed by atoms with Gasteiger partial charge in [0.2, 0.25) is 0 Å².